The van der Waals surface area contributed by atoms with Gasteiger partial charge < -0.3 is 0 Å². The van der Waals surface area contributed by atoms with Gasteiger partial charge in [0.25, 0.3) is 0 Å². The van der Waals surface area contributed by atoms with Gasteiger partial charge in [-0.1, -0.05) is 6.58 Å². The van der Waals surface area contributed by atoms with Gasteiger partial charge in [0.15, 0.2) is 0 Å². The molecule has 0 aliphatic rings. The van der Waals surface area contributed by atoms with Gasteiger partial charge in [-0.15, -0.1) is 0 Å². The summed E-state index contributed by atoms with van der Waals surface area (Å²) in [6.45, 7) is 9.56. The molecule has 0 bridgehead atoms. The van der Waals surface area contributed by atoms with Crippen molar-refractivity contribution in [2.75, 3.05) is 0 Å². The molecule has 0 saturated carbocycles. The van der Waals surface area contributed by atoms with Crippen LogP contribution in [0.1, 0.15) is 20.8 Å². The van der Waals surface area contributed by atoms with Crippen molar-refractivity contribution in [1.82, 2.24) is 0 Å². The quantitative estimate of drug-likeness (QED) is 0.412. The van der Waals surface area contributed by atoms with Crippen LogP contribution in [0.25, 0.3) is 0 Å². The van der Waals surface area contributed by atoms with Gasteiger partial charge in [-0.3, -0.25) is 0 Å². The highest BCUT2D eigenvalue weighted by Gasteiger charge is 1.80. The van der Waals surface area contributed by atoms with E-state index in [1.165, 1.54) is 11.9 Å². The summed E-state index contributed by atoms with van der Waals surface area (Å²) >= 11 is 1.43. The van der Waals surface area contributed by atoms with Crippen LogP contribution in [0.4, 0.5) is 0 Å². The van der Waals surface area contributed by atoms with Crippen molar-refractivity contribution in [3.05, 3.63) is 11.5 Å². The smallest absolute Gasteiger partial charge is 0.0204 e. The highest BCUT2D eigenvalue weighted by atomic mass is 32.2. The molecule has 0 aromatic carbocycles. The van der Waals surface area contributed by atoms with Crippen molar-refractivity contribution in [3.63, 3.8) is 0 Å². The fourth-order valence-corrected chi connectivity index (χ4v) is 0.508. The van der Waals surface area contributed by atoms with Crippen LogP contribution >= 0.6 is 11.9 Å². The maximum Gasteiger partial charge on any atom is 0.0204 e. The summed E-state index contributed by atoms with van der Waals surface area (Å²) in [5.41, 5.74) is 1.08. The first kappa shape index (κ1) is 7.76. The molecule has 0 spiro atoms. The predicted octanol–water partition coefficient (Wildman–Crippen LogP) is 2.65. The minimum atomic E-state index is 1.03. The molecule has 0 rings (SSSR count). The van der Waals surface area contributed by atoms with Gasteiger partial charge >= 0.3 is 0 Å². The lowest BCUT2D eigenvalue weighted by Crippen LogP contribution is -1.74. The Morgan fingerprint density at radius 3 is 2.00 bits per heavy atom. The predicted molar refractivity (Wildman–Crippen MR) is 41.2 cm³/mol. The molecular formula is C6H11NS. The number of allylic oxidation sites excluding steroid dienone is 1. The monoisotopic (exact) mass is 129 g/mol. The Bertz CT molecular complexity index is 112. The Labute approximate surface area is 55.0 Å². The zero-order valence-electron chi connectivity index (χ0n) is 5.56. The second-order valence-electron chi connectivity index (χ2n) is 1.83. The van der Waals surface area contributed by atoms with Gasteiger partial charge in [-0.25, -0.2) is 4.40 Å². The molecule has 2 heteroatoms. The van der Waals surface area contributed by atoms with Gasteiger partial charge in [0.05, 0.1) is 0 Å². The Morgan fingerprint density at radius 1 is 1.38 bits per heavy atom. The summed E-state index contributed by atoms with van der Waals surface area (Å²) in [5, 5.41) is 0. The SMILES string of the molecule is C=C(C)SN=C(C)C. The van der Waals surface area contributed by atoms with E-state index in [9.17, 15) is 0 Å². The molecule has 46 valence electrons. The van der Waals surface area contributed by atoms with E-state index >= 15 is 0 Å². The van der Waals surface area contributed by atoms with Crippen LogP contribution in [0.15, 0.2) is 15.9 Å². The van der Waals surface area contributed by atoms with Crippen molar-refractivity contribution in [3.8, 4) is 0 Å². The largest absolute Gasteiger partial charge is 0.221 e. The van der Waals surface area contributed by atoms with Crippen LogP contribution in [0.3, 0.4) is 0 Å². The first-order chi connectivity index (χ1) is 3.63. The molecule has 0 heterocycles. The molecule has 0 radical (unpaired) electrons. The van der Waals surface area contributed by atoms with Crippen molar-refractivity contribution in [2.24, 2.45) is 4.40 Å². The summed E-state index contributed by atoms with van der Waals surface area (Å²) in [6, 6.07) is 0. The summed E-state index contributed by atoms with van der Waals surface area (Å²) < 4.78 is 4.06. The molecule has 0 atom stereocenters. The highest BCUT2D eigenvalue weighted by molar-refractivity contribution is 8.01. The molecule has 0 aromatic rings. The van der Waals surface area contributed by atoms with E-state index in [2.05, 4.69) is 11.0 Å². The summed E-state index contributed by atoms with van der Waals surface area (Å²) in [6.07, 6.45) is 0. The molecule has 0 saturated heterocycles. The van der Waals surface area contributed by atoms with E-state index in [-0.39, 0.29) is 0 Å². The summed E-state index contributed by atoms with van der Waals surface area (Å²) in [5.74, 6) is 0. The lowest BCUT2D eigenvalue weighted by molar-refractivity contribution is 1.65. The third-order valence-corrected chi connectivity index (χ3v) is 1.15. The Hall–Kier alpha value is -0.240. The van der Waals surface area contributed by atoms with E-state index in [1.807, 2.05) is 20.8 Å². The molecule has 0 amide bonds. The third-order valence-electron chi connectivity index (χ3n) is 0.384. The standard InChI is InChI=1S/C6H11NS/c1-5(2)7-8-6(3)4/h3H2,1-2,4H3. The van der Waals surface area contributed by atoms with Crippen LogP contribution in [0.5, 0.6) is 0 Å². The fourth-order valence-electron chi connectivity index (χ4n) is 0.169. The average Bonchev–Trinajstić information content (AvgIpc) is 1.61. The lowest BCUT2D eigenvalue weighted by atomic mass is 10.5. The first-order valence-corrected chi connectivity index (χ1v) is 3.24. The van der Waals surface area contributed by atoms with Gasteiger partial charge in [-0.05, 0) is 25.7 Å². The van der Waals surface area contributed by atoms with Gasteiger partial charge in [0.1, 0.15) is 0 Å². The second-order valence-corrected chi connectivity index (χ2v) is 2.89. The summed E-state index contributed by atoms with van der Waals surface area (Å²) in [7, 11) is 0. The van der Waals surface area contributed by atoms with Crippen LogP contribution < -0.4 is 0 Å². The van der Waals surface area contributed by atoms with E-state index < -0.39 is 0 Å². The van der Waals surface area contributed by atoms with Crippen molar-refractivity contribution >= 4 is 17.7 Å². The summed E-state index contributed by atoms with van der Waals surface area (Å²) in [4.78, 5) is 1.03. The molecule has 0 aliphatic carbocycles. The average molecular weight is 129 g/mol. The van der Waals surface area contributed by atoms with E-state index in [4.69, 9.17) is 0 Å². The van der Waals surface area contributed by atoms with Gasteiger partial charge in [0.2, 0.25) is 0 Å². The topological polar surface area (TPSA) is 12.4 Å². The maximum absolute atomic E-state index is 4.06. The van der Waals surface area contributed by atoms with Crippen LogP contribution in [0.2, 0.25) is 0 Å². The minimum Gasteiger partial charge on any atom is -0.221 e. The lowest BCUT2D eigenvalue weighted by Gasteiger charge is -1.88. The molecular weight excluding hydrogens is 118 g/mol. The van der Waals surface area contributed by atoms with Crippen molar-refractivity contribution in [2.45, 2.75) is 20.8 Å². The zero-order valence-corrected chi connectivity index (χ0v) is 6.38. The van der Waals surface area contributed by atoms with Crippen molar-refractivity contribution < 1.29 is 0 Å². The number of rotatable bonds is 2. The Kier molecular flexibility index (Phi) is 3.61. The Balaban J connectivity index is 3.45. The van der Waals surface area contributed by atoms with Crippen LogP contribution in [-0.4, -0.2) is 5.71 Å². The van der Waals surface area contributed by atoms with E-state index in [0.717, 1.165) is 10.6 Å². The second kappa shape index (κ2) is 3.72. The highest BCUT2D eigenvalue weighted by Crippen LogP contribution is 2.12. The van der Waals surface area contributed by atoms with E-state index in [1.54, 1.807) is 0 Å². The number of hydrogen-bond acceptors (Lipinski definition) is 2. The molecule has 0 aliphatic heterocycles. The normalized spacial score (nSPS) is 8.38. The maximum atomic E-state index is 4.06. The number of nitrogens with zero attached hydrogens (tertiary/aromatic N) is 1. The molecule has 0 fully saturated rings. The van der Waals surface area contributed by atoms with Crippen LogP contribution in [0, 0.1) is 0 Å². The molecule has 0 unspecified atom stereocenters. The zero-order chi connectivity index (χ0) is 6.57. The Morgan fingerprint density at radius 2 is 1.88 bits per heavy atom. The minimum absolute atomic E-state index is 1.03. The third kappa shape index (κ3) is 5.76. The fraction of sp³-hybridized carbons (Fsp3) is 0.500. The van der Waals surface area contributed by atoms with Gasteiger partial charge in [0, 0.05) is 17.7 Å². The first-order valence-electron chi connectivity index (χ1n) is 2.46. The molecule has 0 aromatic heterocycles. The van der Waals surface area contributed by atoms with Crippen LogP contribution in [-0.2, 0) is 0 Å². The van der Waals surface area contributed by atoms with Crippen molar-refractivity contribution in [1.29, 1.82) is 0 Å². The molecule has 8 heavy (non-hydrogen) atoms. The van der Waals surface area contributed by atoms with Gasteiger partial charge in [-0.2, -0.15) is 0 Å². The molecule has 1 nitrogen and oxygen atoms in total. The van der Waals surface area contributed by atoms with E-state index in [0.29, 0.717) is 0 Å². The number of hydrogen-bond donors (Lipinski definition) is 0. The molecule has 0 N–H and O–H groups in total.